The molecule has 5 heteroatoms. The topological polar surface area (TPSA) is 53.1 Å². The van der Waals surface area contributed by atoms with Gasteiger partial charge >= 0.3 is 0 Å². The lowest BCUT2D eigenvalue weighted by Crippen LogP contribution is -2.21. The molecule has 1 aromatic heterocycles. The first-order valence-electron chi connectivity index (χ1n) is 5.70. The number of hydrogen-bond donors (Lipinski definition) is 1. The van der Waals surface area contributed by atoms with Crippen molar-refractivity contribution in [3.63, 3.8) is 0 Å². The summed E-state index contributed by atoms with van der Waals surface area (Å²) < 4.78 is 8.19. The van der Waals surface area contributed by atoms with E-state index < -0.39 is 0 Å². The number of hydrogen-bond acceptors (Lipinski definition) is 3. The van der Waals surface area contributed by atoms with Crippen LogP contribution in [0.1, 0.15) is 17.2 Å². The van der Waals surface area contributed by atoms with Gasteiger partial charge in [-0.1, -0.05) is 17.7 Å². The minimum Gasteiger partial charge on any atom is -0.496 e. The number of rotatable bonds is 4. The van der Waals surface area contributed by atoms with Gasteiger partial charge in [0.1, 0.15) is 5.75 Å². The molecule has 1 aromatic carbocycles. The summed E-state index contributed by atoms with van der Waals surface area (Å²) in [6.45, 7) is 2.52. The van der Waals surface area contributed by atoms with Crippen molar-refractivity contribution in [2.45, 2.75) is 13.0 Å². The molecule has 0 aliphatic heterocycles. The van der Waals surface area contributed by atoms with E-state index in [0.717, 1.165) is 15.8 Å². The highest BCUT2D eigenvalue weighted by molar-refractivity contribution is 9.10. The van der Waals surface area contributed by atoms with Crippen molar-refractivity contribution in [1.82, 2.24) is 9.78 Å². The molecule has 1 atom stereocenters. The smallest absolute Gasteiger partial charge is 0.124 e. The number of nitrogens with two attached hydrogens (primary N) is 1. The van der Waals surface area contributed by atoms with E-state index in [0.29, 0.717) is 6.54 Å². The van der Waals surface area contributed by atoms with E-state index in [1.807, 2.05) is 23.0 Å². The number of benzene rings is 1. The molecule has 0 bridgehead atoms. The first kappa shape index (κ1) is 13.1. The van der Waals surface area contributed by atoms with E-state index in [-0.39, 0.29) is 6.04 Å². The molecule has 96 valence electrons. The fraction of sp³-hybridized carbons (Fsp3) is 0.308. The fourth-order valence-electron chi connectivity index (χ4n) is 1.98. The molecule has 2 N–H and O–H groups in total. The van der Waals surface area contributed by atoms with Crippen molar-refractivity contribution in [2.24, 2.45) is 5.73 Å². The largest absolute Gasteiger partial charge is 0.496 e. The second-order valence-electron chi connectivity index (χ2n) is 4.14. The second kappa shape index (κ2) is 5.54. The highest BCUT2D eigenvalue weighted by atomic mass is 79.9. The average molecular weight is 310 g/mol. The molecule has 0 amide bonds. The third kappa shape index (κ3) is 2.57. The van der Waals surface area contributed by atoms with Crippen molar-refractivity contribution in [2.75, 3.05) is 13.7 Å². The second-order valence-corrected chi connectivity index (χ2v) is 5.05. The number of aromatic nitrogens is 2. The van der Waals surface area contributed by atoms with Gasteiger partial charge in [-0.2, -0.15) is 5.10 Å². The van der Waals surface area contributed by atoms with Crippen LogP contribution in [0.5, 0.6) is 5.75 Å². The van der Waals surface area contributed by atoms with Crippen molar-refractivity contribution < 1.29 is 4.74 Å². The lowest BCUT2D eigenvalue weighted by Gasteiger charge is -2.19. The van der Waals surface area contributed by atoms with Gasteiger partial charge in [-0.15, -0.1) is 0 Å². The first-order chi connectivity index (χ1) is 8.65. The zero-order chi connectivity index (χ0) is 13.1. The summed E-state index contributed by atoms with van der Waals surface area (Å²) in [6.07, 6.45) is 3.67. The van der Waals surface area contributed by atoms with Gasteiger partial charge < -0.3 is 10.5 Å². The van der Waals surface area contributed by atoms with E-state index >= 15 is 0 Å². The SMILES string of the molecule is COc1ccc(C)cc1C(CN)n1cc(Br)cn1. The Hall–Kier alpha value is -1.33. The Labute approximate surface area is 115 Å². The van der Waals surface area contributed by atoms with Crippen LogP contribution in [-0.4, -0.2) is 23.4 Å². The quantitative estimate of drug-likeness (QED) is 0.944. The van der Waals surface area contributed by atoms with Crippen LogP contribution < -0.4 is 10.5 Å². The van der Waals surface area contributed by atoms with Gasteiger partial charge in [-0.05, 0) is 28.9 Å². The third-order valence-corrected chi connectivity index (χ3v) is 3.27. The lowest BCUT2D eigenvalue weighted by atomic mass is 10.0. The van der Waals surface area contributed by atoms with Crippen molar-refractivity contribution >= 4 is 15.9 Å². The molecule has 0 aliphatic rings. The molecule has 2 rings (SSSR count). The summed E-state index contributed by atoms with van der Waals surface area (Å²) >= 11 is 3.40. The Morgan fingerprint density at radius 3 is 2.83 bits per heavy atom. The van der Waals surface area contributed by atoms with Crippen LogP contribution in [0.15, 0.2) is 35.1 Å². The van der Waals surface area contributed by atoms with Crippen LogP contribution in [0.2, 0.25) is 0 Å². The number of ether oxygens (including phenoxy) is 1. The summed E-state index contributed by atoms with van der Waals surface area (Å²) in [4.78, 5) is 0. The van der Waals surface area contributed by atoms with Crippen molar-refractivity contribution in [1.29, 1.82) is 0 Å². The summed E-state index contributed by atoms with van der Waals surface area (Å²) in [7, 11) is 1.67. The maximum Gasteiger partial charge on any atom is 0.124 e. The maximum atomic E-state index is 5.89. The molecular formula is C13H16BrN3O. The van der Waals surface area contributed by atoms with E-state index in [1.54, 1.807) is 13.3 Å². The minimum absolute atomic E-state index is 0.0221. The molecule has 0 saturated heterocycles. The zero-order valence-corrected chi connectivity index (χ0v) is 12.0. The molecule has 4 nitrogen and oxygen atoms in total. The summed E-state index contributed by atoms with van der Waals surface area (Å²) in [5.41, 5.74) is 8.12. The van der Waals surface area contributed by atoms with Gasteiger partial charge in [0.15, 0.2) is 0 Å². The molecule has 18 heavy (non-hydrogen) atoms. The number of nitrogens with zero attached hydrogens (tertiary/aromatic N) is 2. The molecule has 1 heterocycles. The Balaban J connectivity index is 2.47. The monoisotopic (exact) mass is 309 g/mol. The minimum atomic E-state index is -0.0221. The molecule has 0 aliphatic carbocycles. The van der Waals surface area contributed by atoms with E-state index in [2.05, 4.69) is 34.0 Å². The van der Waals surface area contributed by atoms with Crippen molar-refractivity contribution in [3.8, 4) is 5.75 Å². The Bertz CT molecular complexity index is 539. The van der Waals surface area contributed by atoms with Crippen LogP contribution >= 0.6 is 15.9 Å². The highest BCUT2D eigenvalue weighted by Crippen LogP contribution is 2.28. The van der Waals surface area contributed by atoms with Gasteiger partial charge in [-0.25, -0.2) is 0 Å². The van der Waals surface area contributed by atoms with E-state index in [9.17, 15) is 0 Å². The molecule has 2 aromatic rings. The summed E-state index contributed by atoms with van der Waals surface area (Å²) in [6, 6.07) is 6.05. The standard InChI is InChI=1S/C13H16BrN3O/c1-9-3-4-13(18-2)11(5-9)12(6-15)17-8-10(14)7-16-17/h3-5,7-8,12H,6,15H2,1-2H3. The average Bonchev–Trinajstić information content (AvgIpc) is 2.77. The van der Waals surface area contributed by atoms with Gasteiger partial charge in [-0.3, -0.25) is 4.68 Å². The molecular weight excluding hydrogens is 294 g/mol. The summed E-state index contributed by atoms with van der Waals surface area (Å²) in [5.74, 6) is 0.836. The number of methoxy groups -OCH3 is 1. The van der Waals surface area contributed by atoms with E-state index in [1.165, 1.54) is 5.56 Å². The van der Waals surface area contributed by atoms with Crippen LogP contribution in [0.25, 0.3) is 0 Å². The maximum absolute atomic E-state index is 5.89. The molecule has 0 saturated carbocycles. The zero-order valence-electron chi connectivity index (χ0n) is 10.4. The van der Waals surface area contributed by atoms with Crippen LogP contribution in [0.4, 0.5) is 0 Å². The predicted octanol–water partition coefficient (Wildman–Crippen LogP) is 2.51. The van der Waals surface area contributed by atoms with Gasteiger partial charge in [0.2, 0.25) is 0 Å². The Kier molecular flexibility index (Phi) is 4.04. The Morgan fingerprint density at radius 2 is 2.28 bits per heavy atom. The van der Waals surface area contributed by atoms with Crippen LogP contribution in [0, 0.1) is 6.92 Å². The van der Waals surface area contributed by atoms with Crippen LogP contribution in [-0.2, 0) is 0 Å². The fourth-order valence-corrected chi connectivity index (χ4v) is 2.28. The molecule has 0 fully saturated rings. The van der Waals surface area contributed by atoms with Gasteiger partial charge in [0.05, 0.1) is 23.8 Å². The normalized spacial score (nSPS) is 12.4. The summed E-state index contributed by atoms with van der Waals surface area (Å²) in [5, 5.41) is 4.30. The molecule has 1 unspecified atom stereocenters. The van der Waals surface area contributed by atoms with Crippen LogP contribution in [0.3, 0.4) is 0 Å². The highest BCUT2D eigenvalue weighted by Gasteiger charge is 2.17. The third-order valence-electron chi connectivity index (χ3n) is 2.86. The number of aryl methyl sites for hydroxylation is 1. The number of halogens is 1. The van der Waals surface area contributed by atoms with Gasteiger partial charge in [0.25, 0.3) is 0 Å². The lowest BCUT2D eigenvalue weighted by molar-refractivity contribution is 0.398. The Morgan fingerprint density at radius 1 is 1.50 bits per heavy atom. The predicted molar refractivity (Wildman–Crippen MR) is 74.9 cm³/mol. The van der Waals surface area contributed by atoms with E-state index in [4.69, 9.17) is 10.5 Å². The first-order valence-corrected chi connectivity index (χ1v) is 6.49. The van der Waals surface area contributed by atoms with Crippen molar-refractivity contribution in [3.05, 3.63) is 46.2 Å². The molecule has 0 spiro atoms. The molecule has 0 radical (unpaired) electrons. The van der Waals surface area contributed by atoms with Gasteiger partial charge in [0, 0.05) is 18.3 Å².